The average molecular weight is 320 g/mol. The zero-order valence-corrected chi connectivity index (χ0v) is 12.3. The lowest BCUT2D eigenvalue weighted by atomic mass is 10.0. The molecule has 0 saturated heterocycles. The topological polar surface area (TPSA) is 67.4 Å². The van der Waals surface area contributed by atoms with Gasteiger partial charge in [-0.3, -0.25) is 0 Å². The monoisotopic (exact) mass is 320 g/mol. The molecule has 1 aliphatic rings. The van der Waals surface area contributed by atoms with Gasteiger partial charge in [0, 0.05) is 18.8 Å². The largest absolute Gasteiger partial charge is 0.385 e. The van der Waals surface area contributed by atoms with Crippen molar-refractivity contribution in [2.24, 2.45) is 0 Å². The summed E-state index contributed by atoms with van der Waals surface area (Å²) in [7, 11) is -3.66. The van der Waals surface area contributed by atoms with E-state index in [2.05, 4.69) is 14.8 Å². The van der Waals surface area contributed by atoms with Crippen LogP contribution in [0, 0.1) is 0 Å². The van der Waals surface area contributed by atoms with Gasteiger partial charge >= 0.3 is 0 Å². The van der Waals surface area contributed by atoms with Gasteiger partial charge in [0.25, 0.3) is 6.43 Å². The molecule has 0 bridgehead atoms. The summed E-state index contributed by atoms with van der Waals surface area (Å²) in [6, 6.07) is 5.08. The van der Waals surface area contributed by atoms with Gasteiger partial charge in [-0.15, -0.1) is 0 Å². The van der Waals surface area contributed by atoms with Gasteiger partial charge in [-0.1, -0.05) is 6.07 Å². The van der Waals surface area contributed by atoms with Gasteiger partial charge in [-0.05, 0) is 30.5 Å². The van der Waals surface area contributed by atoms with Crippen LogP contribution in [0.3, 0.4) is 0 Å². The minimum absolute atomic E-state index is 0.0356. The van der Waals surface area contributed by atoms with Crippen LogP contribution in [-0.2, 0) is 21.2 Å². The molecule has 118 valence electrons. The Morgan fingerprint density at radius 2 is 2.19 bits per heavy atom. The van der Waals surface area contributed by atoms with Crippen molar-refractivity contribution in [1.82, 2.24) is 4.72 Å². The molecule has 0 amide bonds. The first-order chi connectivity index (χ1) is 10.0. The zero-order valence-electron chi connectivity index (χ0n) is 11.4. The molecule has 0 atom stereocenters. The number of hydrogen-bond acceptors (Lipinski definition) is 4. The van der Waals surface area contributed by atoms with E-state index in [-0.39, 0.29) is 18.0 Å². The lowest BCUT2D eigenvalue weighted by molar-refractivity contribution is 0.0199. The maximum atomic E-state index is 12.3. The summed E-state index contributed by atoms with van der Waals surface area (Å²) < 4.78 is 55.3. The van der Waals surface area contributed by atoms with Crippen LogP contribution in [-0.4, -0.2) is 41.1 Å². The Morgan fingerprint density at radius 1 is 1.38 bits per heavy atom. The van der Waals surface area contributed by atoms with Crippen LogP contribution >= 0.6 is 0 Å². The molecule has 0 saturated carbocycles. The molecular weight excluding hydrogens is 302 g/mol. The quantitative estimate of drug-likeness (QED) is 0.749. The number of anilines is 1. The average Bonchev–Trinajstić information content (AvgIpc) is 2.46. The number of fused-ring (bicyclic) bond motifs is 1. The molecule has 0 unspecified atom stereocenters. The molecule has 5 nitrogen and oxygen atoms in total. The molecule has 21 heavy (non-hydrogen) atoms. The number of alkyl halides is 2. The molecule has 8 heteroatoms. The second-order valence-corrected chi connectivity index (χ2v) is 6.41. The van der Waals surface area contributed by atoms with Crippen LogP contribution in [0.4, 0.5) is 14.5 Å². The fourth-order valence-corrected chi connectivity index (χ4v) is 3.53. The zero-order chi connectivity index (χ0) is 15.3. The first-order valence-corrected chi connectivity index (χ1v) is 8.20. The highest BCUT2D eigenvalue weighted by Gasteiger charge is 2.21. The summed E-state index contributed by atoms with van der Waals surface area (Å²) in [6.45, 7) is 0.0147. The number of hydrogen-bond donors (Lipinski definition) is 2. The third-order valence-electron chi connectivity index (χ3n) is 3.12. The number of sulfonamides is 1. The van der Waals surface area contributed by atoms with Crippen molar-refractivity contribution in [3.05, 3.63) is 23.8 Å². The van der Waals surface area contributed by atoms with Gasteiger partial charge in [-0.2, -0.15) is 0 Å². The van der Waals surface area contributed by atoms with E-state index >= 15 is 0 Å². The van der Waals surface area contributed by atoms with E-state index in [9.17, 15) is 17.2 Å². The van der Waals surface area contributed by atoms with Gasteiger partial charge in [-0.25, -0.2) is 21.9 Å². The van der Waals surface area contributed by atoms with Crippen LogP contribution in [0.5, 0.6) is 0 Å². The molecule has 1 heterocycles. The Hall–Kier alpha value is -1.25. The molecule has 2 rings (SSSR count). The highest BCUT2D eigenvalue weighted by molar-refractivity contribution is 7.89. The van der Waals surface area contributed by atoms with Crippen LogP contribution in [0.2, 0.25) is 0 Å². The smallest absolute Gasteiger partial charge is 0.261 e. The van der Waals surface area contributed by atoms with E-state index in [1.165, 1.54) is 0 Å². The maximum absolute atomic E-state index is 12.3. The summed E-state index contributed by atoms with van der Waals surface area (Å²) in [5.41, 5.74) is 1.60. The Morgan fingerprint density at radius 3 is 2.95 bits per heavy atom. The second kappa shape index (κ2) is 7.15. The van der Waals surface area contributed by atoms with Gasteiger partial charge in [0.15, 0.2) is 0 Å². The van der Waals surface area contributed by atoms with Crippen molar-refractivity contribution >= 4 is 15.7 Å². The van der Waals surface area contributed by atoms with Crippen LogP contribution in [0.15, 0.2) is 23.1 Å². The van der Waals surface area contributed by atoms with Crippen molar-refractivity contribution in [2.75, 3.05) is 31.6 Å². The molecule has 1 aliphatic heterocycles. The van der Waals surface area contributed by atoms with E-state index < -0.39 is 23.1 Å². The number of ether oxygens (including phenoxy) is 1. The van der Waals surface area contributed by atoms with E-state index in [1.807, 2.05) is 6.07 Å². The number of nitrogens with one attached hydrogen (secondary N) is 2. The Balaban J connectivity index is 2.00. The Bertz CT molecular complexity index is 579. The molecular formula is C13H18F2N2O3S. The van der Waals surface area contributed by atoms with E-state index in [0.717, 1.165) is 24.2 Å². The standard InChI is InChI=1S/C13H18F2N2O3S/c14-13(15)9-20-8-7-17-21(18,19)12-5-1-4-11-10(12)3-2-6-16-11/h1,4-5,13,16-17H,2-3,6-9H2. The summed E-state index contributed by atoms with van der Waals surface area (Å²) >= 11 is 0. The highest BCUT2D eigenvalue weighted by Crippen LogP contribution is 2.28. The van der Waals surface area contributed by atoms with Crippen molar-refractivity contribution in [2.45, 2.75) is 24.2 Å². The van der Waals surface area contributed by atoms with E-state index in [4.69, 9.17) is 0 Å². The molecule has 1 aromatic rings. The predicted octanol–water partition coefficient (Wildman–Crippen LogP) is 1.60. The molecule has 1 aromatic carbocycles. The molecule has 0 aromatic heterocycles. The summed E-state index contributed by atoms with van der Waals surface area (Å²) in [5.74, 6) is 0. The van der Waals surface area contributed by atoms with Crippen molar-refractivity contribution in [3.8, 4) is 0 Å². The molecule has 0 fully saturated rings. The van der Waals surface area contributed by atoms with Gasteiger partial charge in [0.05, 0.1) is 11.5 Å². The second-order valence-electron chi connectivity index (χ2n) is 4.68. The van der Waals surface area contributed by atoms with Crippen LogP contribution in [0.1, 0.15) is 12.0 Å². The van der Waals surface area contributed by atoms with E-state index in [1.54, 1.807) is 12.1 Å². The SMILES string of the molecule is O=S(=O)(NCCOCC(F)F)c1cccc2c1CCCN2. The van der Waals surface area contributed by atoms with Crippen molar-refractivity contribution < 1.29 is 21.9 Å². The molecule has 0 aliphatic carbocycles. The third kappa shape index (κ3) is 4.36. The number of rotatable bonds is 7. The van der Waals surface area contributed by atoms with Gasteiger partial charge in [0.2, 0.25) is 10.0 Å². The summed E-state index contributed by atoms with van der Waals surface area (Å²) in [5, 5.41) is 3.16. The maximum Gasteiger partial charge on any atom is 0.261 e. The minimum Gasteiger partial charge on any atom is -0.385 e. The first-order valence-electron chi connectivity index (χ1n) is 6.72. The lowest BCUT2D eigenvalue weighted by Crippen LogP contribution is -2.29. The lowest BCUT2D eigenvalue weighted by Gasteiger charge is -2.21. The summed E-state index contributed by atoms with van der Waals surface area (Å²) in [4.78, 5) is 0.237. The number of halogens is 2. The van der Waals surface area contributed by atoms with Crippen LogP contribution < -0.4 is 10.0 Å². The molecule has 0 spiro atoms. The normalized spacial score (nSPS) is 14.8. The van der Waals surface area contributed by atoms with Crippen LogP contribution in [0.25, 0.3) is 0 Å². The van der Waals surface area contributed by atoms with Gasteiger partial charge in [0.1, 0.15) is 6.61 Å². The molecule has 2 N–H and O–H groups in total. The van der Waals surface area contributed by atoms with E-state index in [0.29, 0.717) is 6.42 Å². The summed E-state index contributed by atoms with van der Waals surface area (Å²) in [6.07, 6.45) is -0.980. The third-order valence-corrected chi connectivity index (χ3v) is 4.67. The Kier molecular flexibility index (Phi) is 5.49. The first kappa shape index (κ1) is 16.1. The fourth-order valence-electron chi connectivity index (χ4n) is 2.23. The minimum atomic E-state index is -3.66. The van der Waals surface area contributed by atoms with Crippen molar-refractivity contribution in [1.29, 1.82) is 0 Å². The number of benzene rings is 1. The molecule has 0 radical (unpaired) electrons. The van der Waals surface area contributed by atoms with Gasteiger partial charge < -0.3 is 10.1 Å². The highest BCUT2D eigenvalue weighted by atomic mass is 32.2. The Labute approximate surface area is 122 Å². The fraction of sp³-hybridized carbons (Fsp3) is 0.538. The van der Waals surface area contributed by atoms with Crippen molar-refractivity contribution in [3.63, 3.8) is 0 Å². The predicted molar refractivity (Wildman–Crippen MR) is 75.3 cm³/mol.